The molecule has 2 atom stereocenters. The number of ether oxygens (including phenoxy) is 2. The highest BCUT2D eigenvalue weighted by Gasteiger charge is 2.37. The number of carbonyl (C=O) groups is 4. The number of alkyl carbamates (subject to hydrolysis) is 1. The second-order valence-corrected chi connectivity index (χ2v) is 10.5. The van der Waals surface area contributed by atoms with Crippen molar-refractivity contribution in [1.29, 1.82) is 0 Å². The second kappa shape index (κ2) is 14.7. The van der Waals surface area contributed by atoms with Crippen molar-refractivity contribution in [3.8, 4) is 0 Å². The minimum atomic E-state index is -1.000. The van der Waals surface area contributed by atoms with E-state index in [9.17, 15) is 19.2 Å². The average molecular weight is 524 g/mol. The third-order valence-electron chi connectivity index (χ3n) is 5.36. The number of amides is 3. The van der Waals surface area contributed by atoms with E-state index in [1.54, 1.807) is 32.5 Å². The molecule has 0 fully saturated rings. The Morgan fingerprint density at radius 3 is 2.22 bits per heavy atom. The van der Waals surface area contributed by atoms with Crippen LogP contribution < -0.4 is 10.6 Å². The first kappa shape index (κ1) is 31.3. The van der Waals surface area contributed by atoms with E-state index in [1.807, 2.05) is 45.2 Å². The lowest BCUT2D eigenvalue weighted by atomic mass is 9.93. The molecule has 1 rings (SSSR count). The lowest BCUT2D eigenvalue weighted by Gasteiger charge is -2.35. The summed E-state index contributed by atoms with van der Waals surface area (Å²) in [5.74, 6) is -0.867. The van der Waals surface area contributed by atoms with Gasteiger partial charge >= 0.3 is 12.1 Å². The van der Waals surface area contributed by atoms with Crippen LogP contribution in [0.25, 0.3) is 0 Å². The van der Waals surface area contributed by atoms with Crippen LogP contribution in [0.5, 0.6) is 0 Å². The van der Waals surface area contributed by atoms with E-state index in [2.05, 4.69) is 15.4 Å². The highest BCUT2D eigenvalue weighted by Crippen LogP contribution is 2.29. The summed E-state index contributed by atoms with van der Waals surface area (Å²) in [5, 5.41) is 5.32. The Balaban J connectivity index is 3.49. The van der Waals surface area contributed by atoms with Crippen molar-refractivity contribution in [2.24, 2.45) is 0 Å². The van der Waals surface area contributed by atoms with Crippen molar-refractivity contribution in [2.45, 2.75) is 72.1 Å². The summed E-state index contributed by atoms with van der Waals surface area (Å²) in [6.45, 7) is 10.9. The molecule has 2 unspecified atom stereocenters. The zero-order valence-electron chi connectivity index (χ0n) is 22.7. The Hall–Kier alpha value is -2.75. The summed E-state index contributed by atoms with van der Waals surface area (Å²) in [7, 11) is 1.24. The van der Waals surface area contributed by atoms with Crippen molar-refractivity contribution in [3.05, 3.63) is 34.9 Å². The fourth-order valence-corrected chi connectivity index (χ4v) is 4.24. The standard InChI is InChI=1S/C26H41N3O6S/c1-9-14-29(24(32)19(13-15-36-8)28-25(33)35-26(4,5)6)22(23(31)27-16-20(30)34-7)21-17(2)11-10-12-18(21)3/h10-12,19,22H,9,13-16H2,1-8H3,(H,27,31)(H,28,33). The molecule has 10 heteroatoms. The molecular weight excluding hydrogens is 482 g/mol. The maximum absolute atomic E-state index is 14.0. The predicted octanol–water partition coefficient (Wildman–Crippen LogP) is 3.52. The van der Waals surface area contributed by atoms with E-state index < -0.39 is 41.6 Å². The van der Waals surface area contributed by atoms with Crippen LogP contribution in [-0.2, 0) is 23.9 Å². The van der Waals surface area contributed by atoms with Gasteiger partial charge in [-0.2, -0.15) is 11.8 Å². The summed E-state index contributed by atoms with van der Waals surface area (Å²) in [4.78, 5) is 53.2. The molecule has 0 saturated heterocycles. The highest BCUT2D eigenvalue weighted by atomic mass is 32.2. The molecule has 0 saturated carbocycles. The van der Waals surface area contributed by atoms with Crippen LogP contribution in [0.1, 0.15) is 63.3 Å². The zero-order valence-corrected chi connectivity index (χ0v) is 23.5. The second-order valence-electron chi connectivity index (χ2n) is 9.51. The van der Waals surface area contributed by atoms with Gasteiger partial charge in [0.1, 0.15) is 24.2 Å². The SMILES string of the molecule is CCCN(C(=O)C(CCSC)NC(=O)OC(C)(C)C)C(C(=O)NCC(=O)OC)c1c(C)cccc1C. The van der Waals surface area contributed by atoms with Gasteiger partial charge in [-0.3, -0.25) is 14.4 Å². The van der Waals surface area contributed by atoms with E-state index in [0.717, 1.165) is 11.1 Å². The average Bonchev–Trinajstić information content (AvgIpc) is 2.79. The quantitative estimate of drug-likeness (QED) is 0.403. The van der Waals surface area contributed by atoms with Crippen LogP contribution in [-0.4, -0.2) is 72.6 Å². The molecule has 202 valence electrons. The summed E-state index contributed by atoms with van der Waals surface area (Å²) >= 11 is 1.55. The van der Waals surface area contributed by atoms with Gasteiger partial charge in [0, 0.05) is 6.54 Å². The largest absolute Gasteiger partial charge is 0.468 e. The first-order chi connectivity index (χ1) is 16.9. The molecule has 0 aromatic heterocycles. The number of benzene rings is 1. The summed E-state index contributed by atoms with van der Waals surface area (Å²) in [6.07, 6.45) is 2.16. The van der Waals surface area contributed by atoms with E-state index in [4.69, 9.17) is 4.74 Å². The number of hydrogen-bond donors (Lipinski definition) is 2. The molecule has 0 spiro atoms. The first-order valence-electron chi connectivity index (χ1n) is 12.1. The summed E-state index contributed by atoms with van der Waals surface area (Å²) < 4.78 is 10.0. The number of esters is 1. The Kier molecular flexibility index (Phi) is 12.8. The van der Waals surface area contributed by atoms with Gasteiger partial charge in [0.25, 0.3) is 0 Å². The van der Waals surface area contributed by atoms with Crippen molar-refractivity contribution >= 4 is 35.6 Å². The lowest BCUT2D eigenvalue weighted by Crippen LogP contribution is -2.54. The number of rotatable bonds is 12. The van der Waals surface area contributed by atoms with Gasteiger partial charge in [-0.25, -0.2) is 4.79 Å². The fourth-order valence-electron chi connectivity index (χ4n) is 3.77. The van der Waals surface area contributed by atoms with Gasteiger partial charge in [-0.05, 0) is 76.2 Å². The van der Waals surface area contributed by atoms with Gasteiger partial charge < -0.3 is 25.0 Å². The molecule has 0 radical (unpaired) electrons. The van der Waals surface area contributed by atoms with Crippen molar-refractivity contribution < 1.29 is 28.7 Å². The molecule has 1 aromatic carbocycles. The molecule has 0 aliphatic heterocycles. The van der Waals surface area contributed by atoms with E-state index in [0.29, 0.717) is 24.2 Å². The molecule has 3 amide bonds. The molecule has 0 aliphatic carbocycles. The molecule has 0 heterocycles. The van der Waals surface area contributed by atoms with Crippen molar-refractivity contribution in [2.75, 3.05) is 32.2 Å². The normalized spacial score (nSPS) is 12.8. The van der Waals surface area contributed by atoms with Crippen molar-refractivity contribution in [3.63, 3.8) is 0 Å². The first-order valence-corrected chi connectivity index (χ1v) is 13.4. The van der Waals surface area contributed by atoms with Crippen LogP contribution in [0, 0.1) is 13.8 Å². The molecular formula is C26H41N3O6S. The number of hydrogen-bond acceptors (Lipinski definition) is 7. The minimum absolute atomic E-state index is 0.273. The maximum Gasteiger partial charge on any atom is 0.408 e. The fraction of sp³-hybridized carbons (Fsp3) is 0.615. The van der Waals surface area contributed by atoms with Gasteiger partial charge in [-0.1, -0.05) is 25.1 Å². The number of nitrogens with zero attached hydrogens (tertiary/aromatic N) is 1. The van der Waals surface area contributed by atoms with Gasteiger partial charge in [-0.15, -0.1) is 0 Å². The Morgan fingerprint density at radius 2 is 1.72 bits per heavy atom. The molecule has 0 aliphatic rings. The predicted molar refractivity (Wildman–Crippen MR) is 142 cm³/mol. The number of aryl methyl sites for hydroxylation is 2. The van der Waals surface area contributed by atoms with Crippen LogP contribution in [0.15, 0.2) is 18.2 Å². The number of thioether (sulfide) groups is 1. The van der Waals surface area contributed by atoms with Gasteiger partial charge in [0.15, 0.2) is 0 Å². The molecule has 9 nitrogen and oxygen atoms in total. The number of nitrogens with one attached hydrogen (secondary N) is 2. The minimum Gasteiger partial charge on any atom is -0.468 e. The lowest BCUT2D eigenvalue weighted by molar-refractivity contribution is -0.144. The topological polar surface area (TPSA) is 114 Å². The van der Waals surface area contributed by atoms with Crippen LogP contribution in [0.4, 0.5) is 4.79 Å². The van der Waals surface area contributed by atoms with Crippen LogP contribution in [0.2, 0.25) is 0 Å². The van der Waals surface area contributed by atoms with Gasteiger partial charge in [0.05, 0.1) is 7.11 Å². The molecule has 2 N–H and O–H groups in total. The Labute approximate surface area is 219 Å². The van der Waals surface area contributed by atoms with E-state index in [1.165, 1.54) is 12.0 Å². The Bertz CT molecular complexity index is 895. The molecule has 0 bridgehead atoms. The monoisotopic (exact) mass is 523 g/mol. The van der Waals surface area contributed by atoms with Crippen LogP contribution in [0.3, 0.4) is 0 Å². The number of methoxy groups -OCH3 is 1. The third kappa shape index (κ3) is 9.72. The highest BCUT2D eigenvalue weighted by molar-refractivity contribution is 7.98. The molecule has 36 heavy (non-hydrogen) atoms. The third-order valence-corrected chi connectivity index (χ3v) is 6.00. The Morgan fingerprint density at radius 1 is 1.11 bits per heavy atom. The summed E-state index contributed by atoms with van der Waals surface area (Å²) in [5.41, 5.74) is 1.63. The maximum atomic E-state index is 14.0. The molecule has 1 aromatic rings. The van der Waals surface area contributed by atoms with Crippen LogP contribution >= 0.6 is 11.8 Å². The van der Waals surface area contributed by atoms with E-state index in [-0.39, 0.29) is 13.1 Å². The van der Waals surface area contributed by atoms with Gasteiger partial charge in [0.2, 0.25) is 11.8 Å². The van der Waals surface area contributed by atoms with Crippen molar-refractivity contribution in [1.82, 2.24) is 15.5 Å². The van der Waals surface area contributed by atoms with E-state index >= 15 is 0 Å². The summed E-state index contributed by atoms with van der Waals surface area (Å²) in [6, 6.07) is 3.75. The zero-order chi connectivity index (χ0) is 27.5. The smallest absolute Gasteiger partial charge is 0.408 e. The number of carbonyl (C=O) groups excluding carboxylic acids is 4.